The number of carbonyl (C=O) groups excluding carboxylic acids is 1. The van der Waals surface area contributed by atoms with E-state index in [4.69, 9.17) is 14.2 Å². The molecule has 0 radical (unpaired) electrons. The van der Waals surface area contributed by atoms with Crippen molar-refractivity contribution in [1.82, 2.24) is 4.90 Å². The minimum atomic E-state index is -0.652. The quantitative estimate of drug-likeness (QED) is 0.571. The summed E-state index contributed by atoms with van der Waals surface area (Å²) < 4.78 is 15.7. The van der Waals surface area contributed by atoms with Gasteiger partial charge in [-0.2, -0.15) is 0 Å². The van der Waals surface area contributed by atoms with E-state index >= 15 is 0 Å². The molecule has 0 aliphatic carbocycles. The summed E-state index contributed by atoms with van der Waals surface area (Å²) in [6.45, 7) is 7.71. The van der Waals surface area contributed by atoms with Gasteiger partial charge in [-0.1, -0.05) is 37.3 Å². The molecule has 1 fully saturated rings. The average Bonchev–Trinajstić information content (AvgIpc) is 3.24. The standard InChI is InChI=1S/C16H23NO4/c1-4-17(12(2)3)15-14(21-15)11-20-16(18)19-10-13-8-6-5-7-9-13/h5-9,12,14-15H,4,10-11H2,1-3H3. The maximum absolute atomic E-state index is 11.5. The third-order valence-electron chi connectivity index (χ3n) is 3.48. The average molecular weight is 293 g/mol. The number of likely N-dealkylation sites (N-methyl/N-ethyl adjacent to an activating group) is 1. The summed E-state index contributed by atoms with van der Waals surface area (Å²) in [4.78, 5) is 13.7. The zero-order chi connectivity index (χ0) is 15.2. The van der Waals surface area contributed by atoms with Gasteiger partial charge in [0.15, 0.2) is 0 Å². The highest BCUT2D eigenvalue weighted by Gasteiger charge is 2.44. The second-order valence-electron chi connectivity index (χ2n) is 5.32. The second kappa shape index (κ2) is 7.43. The largest absolute Gasteiger partial charge is 0.508 e. The molecule has 1 aliphatic heterocycles. The van der Waals surface area contributed by atoms with Crippen molar-refractivity contribution in [3.05, 3.63) is 35.9 Å². The molecule has 116 valence electrons. The van der Waals surface area contributed by atoms with Crippen LogP contribution in [0.4, 0.5) is 4.79 Å². The van der Waals surface area contributed by atoms with Gasteiger partial charge in [0.05, 0.1) is 0 Å². The number of hydrogen-bond acceptors (Lipinski definition) is 5. The van der Waals surface area contributed by atoms with Gasteiger partial charge in [-0.15, -0.1) is 0 Å². The third kappa shape index (κ3) is 4.72. The molecule has 2 atom stereocenters. The van der Waals surface area contributed by atoms with Crippen molar-refractivity contribution in [2.24, 2.45) is 0 Å². The van der Waals surface area contributed by atoms with Crippen molar-refractivity contribution < 1.29 is 19.0 Å². The van der Waals surface area contributed by atoms with Crippen LogP contribution in [0.2, 0.25) is 0 Å². The molecule has 5 heteroatoms. The molecular weight excluding hydrogens is 270 g/mol. The molecule has 2 rings (SSSR count). The maximum Gasteiger partial charge on any atom is 0.508 e. The summed E-state index contributed by atoms with van der Waals surface area (Å²) in [5.74, 6) is 0. The molecule has 1 saturated heterocycles. The first-order chi connectivity index (χ1) is 10.1. The van der Waals surface area contributed by atoms with E-state index in [1.165, 1.54) is 0 Å². The SMILES string of the molecule is CCN(C(C)C)C1OC1COC(=O)OCc1ccccc1. The molecule has 0 spiro atoms. The smallest absolute Gasteiger partial charge is 0.431 e. The molecule has 1 heterocycles. The number of hydrogen-bond donors (Lipinski definition) is 0. The van der Waals surface area contributed by atoms with Gasteiger partial charge in [-0.05, 0) is 26.0 Å². The van der Waals surface area contributed by atoms with Crippen LogP contribution in [0, 0.1) is 0 Å². The van der Waals surface area contributed by atoms with Crippen LogP contribution in [0.3, 0.4) is 0 Å². The lowest BCUT2D eigenvalue weighted by Crippen LogP contribution is -2.35. The molecule has 1 aromatic rings. The lowest BCUT2D eigenvalue weighted by atomic mass is 10.2. The van der Waals surface area contributed by atoms with Gasteiger partial charge < -0.3 is 14.2 Å². The third-order valence-corrected chi connectivity index (χ3v) is 3.48. The number of benzene rings is 1. The predicted octanol–water partition coefficient (Wildman–Crippen LogP) is 2.80. The normalized spacial score (nSPS) is 20.6. The molecule has 2 unspecified atom stereocenters. The lowest BCUT2D eigenvalue weighted by Gasteiger charge is -2.22. The predicted molar refractivity (Wildman–Crippen MR) is 78.8 cm³/mol. The lowest BCUT2D eigenvalue weighted by molar-refractivity contribution is 0.0453. The fraction of sp³-hybridized carbons (Fsp3) is 0.562. The number of nitrogens with zero attached hydrogens (tertiary/aromatic N) is 1. The molecule has 0 amide bonds. The molecule has 1 aliphatic rings. The molecule has 21 heavy (non-hydrogen) atoms. The van der Waals surface area contributed by atoms with Crippen molar-refractivity contribution in [2.45, 2.75) is 45.8 Å². The summed E-state index contributed by atoms with van der Waals surface area (Å²) in [6.07, 6.45) is -0.644. The van der Waals surface area contributed by atoms with Gasteiger partial charge in [0.1, 0.15) is 25.5 Å². The first-order valence-electron chi connectivity index (χ1n) is 7.36. The highest BCUT2D eigenvalue weighted by Crippen LogP contribution is 2.27. The molecular formula is C16H23NO4. The van der Waals surface area contributed by atoms with Crippen molar-refractivity contribution in [3.8, 4) is 0 Å². The number of rotatable bonds is 7. The van der Waals surface area contributed by atoms with Crippen molar-refractivity contribution >= 4 is 6.16 Å². The van der Waals surface area contributed by atoms with E-state index in [2.05, 4.69) is 25.7 Å². The monoisotopic (exact) mass is 293 g/mol. The first kappa shape index (κ1) is 15.8. The number of carbonyl (C=O) groups is 1. The fourth-order valence-electron chi connectivity index (χ4n) is 2.29. The van der Waals surface area contributed by atoms with Crippen LogP contribution in [-0.4, -0.2) is 42.6 Å². The van der Waals surface area contributed by atoms with Crippen molar-refractivity contribution in [2.75, 3.05) is 13.2 Å². The zero-order valence-electron chi connectivity index (χ0n) is 12.8. The molecule has 0 saturated carbocycles. The Bertz CT molecular complexity index is 449. The molecule has 5 nitrogen and oxygen atoms in total. The zero-order valence-corrected chi connectivity index (χ0v) is 12.8. The van der Waals surface area contributed by atoms with Crippen LogP contribution in [0.5, 0.6) is 0 Å². The Morgan fingerprint density at radius 3 is 2.62 bits per heavy atom. The highest BCUT2D eigenvalue weighted by molar-refractivity contribution is 5.59. The first-order valence-corrected chi connectivity index (χ1v) is 7.36. The van der Waals surface area contributed by atoms with Gasteiger partial charge in [-0.3, -0.25) is 4.90 Å². The topological polar surface area (TPSA) is 51.3 Å². The van der Waals surface area contributed by atoms with Gasteiger partial charge in [0.25, 0.3) is 0 Å². The van der Waals surface area contributed by atoms with Crippen LogP contribution in [0.25, 0.3) is 0 Å². The summed E-state index contributed by atoms with van der Waals surface area (Å²) in [5.41, 5.74) is 0.937. The van der Waals surface area contributed by atoms with Crippen molar-refractivity contribution in [3.63, 3.8) is 0 Å². The summed E-state index contributed by atoms with van der Waals surface area (Å²) in [7, 11) is 0. The summed E-state index contributed by atoms with van der Waals surface area (Å²) >= 11 is 0. The Labute approximate surface area is 125 Å². The minimum absolute atomic E-state index is 0.0448. The maximum atomic E-state index is 11.5. The van der Waals surface area contributed by atoms with E-state index < -0.39 is 6.16 Å². The molecule has 0 aromatic heterocycles. The van der Waals surface area contributed by atoms with Crippen molar-refractivity contribution in [1.29, 1.82) is 0 Å². The van der Waals surface area contributed by atoms with E-state index in [0.717, 1.165) is 12.1 Å². The summed E-state index contributed by atoms with van der Waals surface area (Å²) in [6, 6.07) is 9.93. The van der Waals surface area contributed by atoms with Gasteiger partial charge in [0.2, 0.25) is 0 Å². The minimum Gasteiger partial charge on any atom is -0.431 e. The van der Waals surface area contributed by atoms with Crippen LogP contribution in [0.15, 0.2) is 30.3 Å². The van der Waals surface area contributed by atoms with E-state index in [9.17, 15) is 4.79 Å². The molecule has 1 aromatic carbocycles. The van der Waals surface area contributed by atoms with Crippen LogP contribution >= 0.6 is 0 Å². The van der Waals surface area contributed by atoms with Crippen LogP contribution in [-0.2, 0) is 20.8 Å². The van der Waals surface area contributed by atoms with E-state index in [1.807, 2.05) is 30.3 Å². The van der Waals surface area contributed by atoms with Crippen LogP contribution < -0.4 is 0 Å². The second-order valence-corrected chi connectivity index (χ2v) is 5.32. The summed E-state index contributed by atoms with van der Waals surface area (Å²) in [5, 5.41) is 0. The highest BCUT2D eigenvalue weighted by atomic mass is 16.7. The Hall–Kier alpha value is -1.59. The molecule has 0 N–H and O–H groups in total. The Kier molecular flexibility index (Phi) is 5.59. The Balaban J connectivity index is 1.64. The van der Waals surface area contributed by atoms with Gasteiger partial charge in [-0.25, -0.2) is 4.79 Å². The van der Waals surface area contributed by atoms with E-state index in [-0.39, 0.29) is 25.5 Å². The fourth-order valence-corrected chi connectivity index (χ4v) is 2.29. The van der Waals surface area contributed by atoms with E-state index in [1.54, 1.807) is 0 Å². The van der Waals surface area contributed by atoms with E-state index in [0.29, 0.717) is 6.04 Å². The van der Waals surface area contributed by atoms with Crippen LogP contribution in [0.1, 0.15) is 26.3 Å². The Morgan fingerprint density at radius 1 is 1.29 bits per heavy atom. The van der Waals surface area contributed by atoms with Gasteiger partial charge in [0, 0.05) is 6.04 Å². The Morgan fingerprint density at radius 2 is 2.00 bits per heavy atom. The number of epoxide rings is 1. The van der Waals surface area contributed by atoms with Gasteiger partial charge >= 0.3 is 6.16 Å². The molecule has 0 bridgehead atoms. The number of ether oxygens (including phenoxy) is 3.